The van der Waals surface area contributed by atoms with E-state index in [0.717, 1.165) is 10.8 Å². The molecule has 4 aromatic rings. The number of fused-ring (bicyclic) bond motifs is 2. The summed E-state index contributed by atoms with van der Waals surface area (Å²) in [7, 11) is 0. The summed E-state index contributed by atoms with van der Waals surface area (Å²) in [5.41, 5.74) is 0.712. The van der Waals surface area contributed by atoms with Crippen LogP contribution in [0.15, 0.2) is 75.9 Å². The van der Waals surface area contributed by atoms with Gasteiger partial charge in [-0.1, -0.05) is 30.3 Å². The average molecular weight is 417 g/mol. The van der Waals surface area contributed by atoms with Gasteiger partial charge in [-0.2, -0.15) is 0 Å². The van der Waals surface area contributed by atoms with Crippen molar-refractivity contribution >= 4 is 39.3 Å². The molecule has 1 aromatic heterocycles. The lowest BCUT2D eigenvalue weighted by Crippen LogP contribution is -2.15. The Balaban J connectivity index is 1.42. The Labute approximate surface area is 177 Å². The molecule has 1 N–H and O–H groups in total. The third-order valence-corrected chi connectivity index (χ3v) is 4.62. The van der Waals surface area contributed by atoms with E-state index in [1.165, 1.54) is 13.0 Å². The van der Waals surface area contributed by atoms with Crippen LogP contribution in [-0.2, 0) is 20.9 Å². The summed E-state index contributed by atoms with van der Waals surface area (Å²) in [5, 5.41) is 5.32. The van der Waals surface area contributed by atoms with Crippen LogP contribution in [0.4, 0.5) is 5.69 Å². The van der Waals surface area contributed by atoms with Gasteiger partial charge in [0.05, 0.1) is 0 Å². The number of benzene rings is 3. The minimum atomic E-state index is -0.578. The maximum Gasteiger partial charge on any atom is 0.344 e. The van der Waals surface area contributed by atoms with E-state index < -0.39 is 11.6 Å². The Morgan fingerprint density at radius 1 is 0.968 bits per heavy atom. The molecule has 0 aliphatic heterocycles. The van der Waals surface area contributed by atoms with Gasteiger partial charge in [0.15, 0.2) is 6.61 Å². The predicted octanol–water partition coefficient (Wildman–Crippen LogP) is 4.03. The lowest BCUT2D eigenvalue weighted by atomic mass is 10.1. The van der Waals surface area contributed by atoms with Gasteiger partial charge in [-0.25, -0.2) is 9.59 Å². The minimum Gasteiger partial charge on any atom is -0.482 e. The zero-order chi connectivity index (χ0) is 21.8. The molecular formula is C24H19NO6. The molecule has 156 valence electrons. The molecular weight excluding hydrogens is 398 g/mol. The van der Waals surface area contributed by atoms with E-state index in [0.29, 0.717) is 22.4 Å². The first-order chi connectivity index (χ1) is 15.0. The van der Waals surface area contributed by atoms with E-state index in [4.69, 9.17) is 13.9 Å². The van der Waals surface area contributed by atoms with Crippen LogP contribution in [0.25, 0.3) is 21.7 Å². The fourth-order valence-electron chi connectivity index (χ4n) is 3.23. The number of carbonyl (C=O) groups is 2. The van der Waals surface area contributed by atoms with Crippen LogP contribution < -0.4 is 15.7 Å². The van der Waals surface area contributed by atoms with Gasteiger partial charge in [-0.05, 0) is 35.0 Å². The lowest BCUT2D eigenvalue weighted by Gasteiger charge is -2.10. The van der Waals surface area contributed by atoms with Crippen molar-refractivity contribution in [1.29, 1.82) is 0 Å². The molecule has 4 rings (SSSR count). The van der Waals surface area contributed by atoms with Crippen molar-refractivity contribution in [2.24, 2.45) is 0 Å². The van der Waals surface area contributed by atoms with E-state index in [2.05, 4.69) is 5.32 Å². The third-order valence-electron chi connectivity index (χ3n) is 4.62. The summed E-state index contributed by atoms with van der Waals surface area (Å²) < 4.78 is 16.0. The standard InChI is InChI=1S/C24H19NO6/c1-15(26)25-19-7-9-21-18(11-23(27)31-22(21)12-19)13-30-24(28)14-29-20-8-6-16-4-2-3-5-17(16)10-20/h2-12H,13-14H2,1H3,(H,25,26). The third kappa shape index (κ3) is 4.90. The van der Waals surface area contributed by atoms with Crippen LogP contribution in [0, 0.1) is 0 Å². The summed E-state index contributed by atoms with van der Waals surface area (Å²) >= 11 is 0. The molecule has 0 bridgehead atoms. The van der Waals surface area contributed by atoms with Gasteiger partial charge in [0, 0.05) is 35.7 Å². The van der Waals surface area contributed by atoms with E-state index in [9.17, 15) is 14.4 Å². The van der Waals surface area contributed by atoms with Gasteiger partial charge in [-0.3, -0.25) is 4.79 Å². The van der Waals surface area contributed by atoms with Gasteiger partial charge in [0.25, 0.3) is 0 Å². The second kappa shape index (κ2) is 8.71. The Morgan fingerprint density at radius 3 is 2.58 bits per heavy atom. The number of esters is 1. The van der Waals surface area contributed by atoms with Gasteiger partial charge >= 0.3 is 11.6 Å². The number of hydrogen-bond donors (Lipinski definition) is 1. The first-order valence-corrected chi connectivity index (χ1v) is 9.59. The highest BCUT2D eigenvalue weighted by Crippen LogP contribution is 2.23. The Bertz CT molecular complexity index is 1340. The monoisotopic (exact) mass is 417 g/mol. The van der Waals surface area contributed by atoms with Crippen molar-refractivity contribution in [3.05, 3.63) is 82.7 Å². The van der Waals surface area contributed by atoms with Crippen LogP contribution in [0.5, 0.6) is 5.75 Å². The molecule has 0 unspecified atom stereocenters. The van der Waals surface area contributed by atoms with Gasteiger partial charge in [0.1, 0.15) is 17.9 Å². The van der Waals surface area contributed by atoms with Crippen molar-refractivity contribution in [2.45, 2.75) is 13.5 Å². The number of rotatable bonds is 6. The topological polar surface area (TPSA) is 94.8 Å². The quantitative estimate of drug-likeness (QED) is 0.376. The first-order valence-electron chi connectivity index (χ1n) is 9.59. The zero-order valence-corrected chi connectivity index (χ0v) is 16.7. The highest BCUT2D eigenvalue weighted by Gasteiger charge is 2.11. The normalized spacial score (nSPS) is 10.7. The van der Waals surface area contributed by atoms with E-state index >= 15 is 0 Å². The maximum absolute atomic E-state index is 12.2. The molecule has 0 atom stereocenters. The fourth-order valence-corrected chi connectivity index (χ4v) is 3.23. The molecule has 0 aliphatic carbocycles. The molecule has 0 aliphatic rings. The number of amides is 1. The SMILES string of the molecule is CC(=O)Nc1ccc2c(COC(=O)COc3ccc4ccccc4c3)cc(=O)oc2c1. The summed E-state index contributed by atoms with van der Waals surface area (Å²) in [6, 6.07) is 19.6. The number of nitrogens with one attached hydrogen (secondary N) is 1. The molecule has 1 amide bonds. The Hall–Kier alpha value is -4.13. The van der Waals surface area contributed by atoms with Crippen LogP contribution in [0.2, 0.25) is 0 Å². The summed E-state index contributed by atoms with van der Waals surface area (Å²) in [4.78, 5) is 35.3. The zero-order valence-electron chi connectivity index (χ0n) is 16.7. The highest BCUT2D eigenvalue weighted by molar-refractivity contribution is 5.92. The number of carbonyl (C=O) groups excluding carboxylic acids is 2. The Morgan fingerprint density at radius 2 is 1.77 bits per heavy atom. The Kier molecular flexibility index (Phi) is 5.66. The summed E-state index contributed by atoms with van der Waals surface area (Å²) in [6.07, 6.45) is 0. The number of ether oxygens (including phenoxy) is 2. The molecule has 0 spiro atoms. The minimum absolute atomic E-state index is 0.110. The average Bonchev–Trinajstić information content (AvgIpc) is 2.75. The maximum atomic E-state index is 12.2. The van der Waals surface area contributed by atoms with Crippen LogP contribution in [0.3, 0.4) is 0 Å². The second-order valence-electron chi connectivity index (χ2n) is 6.94. The van der Waals surface area contributed by atoms with Crippen molar-refractivity contribution in [3.8, 4) is 5.75 Å². The van der Waals surface area contributed by atoms with Crippen LogP contribution >= 0.6 is 0 Å². The highest BCUT2D eigenvalue weighted by atomic mass is 16.6. The molecule has 0 radical (unpaired) electrons. The van der Waals surface area contributed by atoms with Crippen molar-refractivity contribution < 1.29 is 23.5 Å². The largest absolute Gasteiger partial charge is 0.482 e. The van der Waals surface area contributed by atoms with E-state index in [1.807, 2.05) is 36.4 Å². The van der Waals surface area contributed by atoms with E-state index in [-0.39, 0.29) is 24.7 Å². The molecule has 0 saturated heterocycles. The molecule has 3 aromatic carbocycles. The summed E-state index contributed by atoms with van der Waals surface area (Å²) in [6.45, 7) is 1.02. The smallest absolute Gasteiger partial charge is 0.344 e. The summed E-state index contributed by atoms with van der Waals surface area (Å²) in [5.74, 6) is -0.241. The van der Waals surface area contributed by atoms with Crippen LogP contribution in [-0.4, -0.2) is 18.5 Å². The lowest BCUT2D eigenvalue weighted by molar-refractivity contribution is -0.147. The van der Waals surface area contributed by atoms with Crippen molar-refractivity contribution in [3.63, 3.8) is 0 Å². The number of anilines is 1. The molecule has 7 nitrogen and oxygen atoms in total. The molecule has 31 heavy (non-hydrogen) atoms. The molecule has 7 heteroatoms. The van der Waals surface area contributed by atoms with Gasteiger partial charge < -0.3 is 19.2 Å². The first kappa shape index (κ1) is 20.2. The van der Waals surface area contributed by atoms with E-state index in [1.54, 1.807) is 24.3 Å². The molecule has 0 saturated carbocycles. The van der Waals surface area contributed by atoms with Crippen LogP contribution in [0.1, 0.15) is 12.5 Å². The molecule has 1 heterocycles. The predicted molar refractivity (Wildman–Crippen MR) is 116 cm³/mol. The second-order valence-corrected chi connectivity index (χ2v) is 6.94. The van der Waals surface area contributed by atoms with Crippen molar-refractivity contribution in [1.82, 2.24) is 0 Å². The van der Waals surface area contributed by atoms with Gasteiger partial charge in [0.2, 0.25) is 5.91 Å². The fraction of sp³-hybridized carbons (Fsp3) is 0.125. The van der Waals surface area contributed by atoms with Gasteiger partial charge in [-0.15, -0.1) is 0 Å². The van der Waals surface area contributed by atoms with Crippen molar-refractivity contribution in [2.75, 3.05) is 11.9 Å². The molecule has 0 fully saturated rings. The number of hydrogen-bond acceptors (Lipinski definition) is 6.